The van der Waals surface area contributed by atoms with Crippen molar-refractivity contribution in [3.8, 4) is 0 Å². The molecule has 0 radical (unpaired) electrons. The Morgan fingerprint density at radius 1 is 1.33 bits per heavy atom. The molecule has 0 bridgehead atoms. The first-order chi connectivity index (χ1) is 6.97. The normalized spacial score (nSPS) is 9.93. The summed E-state index contributed by atoms with van der Waals surface area (Å²) >= 11 is 0. The summed E-state index contributed by atoms with van der Waals surface area (Å²) in [6.45, 7) is 4.84. The Hall–Kier alpha value is -1.91. The summed E-state index contributed by atoms with van der Waals surface area (Å²) in [5.74, 6) is -2.69. The molecule has 0 aliphatic carbocycles. The lowest BCUT2D eigenvalue weighted by Crippen LogP contribution is -2.11. The Bertz CT molecular complexity index is 314. The van der Waals surface area contributed by atoms with Gasteiger partial charge in [-0.2, -0.15) is 0 Å². The third kappa shape index (κ3) is 6.20. The third-order valence-electron chi connectivity index (χ3n) is 1.45. The van der Waals surface area contributed by atoms with E-state index in [-0.39, 0.29) is 18.4 Å². The van der Waals surface area contributed by atoms with Crippen LogP contribution < -0.4 is 0 Å². The predicted octanol–water partition coefficient (Wildman–Crippen LogP) is 1.05. The molecule has 0 aliphatic heterocycles. The monoisotopic (exact) mass is 212 g/mol. The minimum absolute atomic E-state index is 0.0305. The number of hydrogen-bond acceptors (Lipinski definition) is 4. The molecule has 15 heavy (non-hydrogen) atoms. The van der Waals surface area contributed by atoms with Crippen molar-refractivity contribution >= 4 is 17.9 Å². The van der Waals surface area contributed by atoms with Crippen LogP contribution in [0.25, 0.3) is 0 Å². The fourth-order valence-electron chi connectivity index (χ4n) is 0.693. The van der Waals surface area contributed by atoms with E-state index in [0.717, 1.165) is 6.08 Å². The van der Waals surface area contributed by atoms with Gasteiger partial charge in [0.15, 0.2) is 0 Å². The number of ether oxygens (including phenoxy) is 1. The Morgan fingerprint density at radius 2 is 1.93 bits per heavy atom. The first-order valence-corrected chi connectivity index (χ1v) is 4.25. The highest BCUT2D eigenvalue weighted by Gasteiger charge is 2.10. The number of carbonyl (C=O) groups is 3. The second-order valence-electron chi connectivity index (χ2n) is 2.70. The first-order valence-electron chi connectivity index (χ1n) is 4.25. The average Bonchev–Trinajstić information content (AvgIpc) is 2.14. The second kappa shape index (κ2) is 6.53. The highest BCUT2D eigenvalue weighted by atomic mass is 16.6. The van der Waals surface area contributed by atoms with Crippen LogP contribution in [-0.2, 0) is 19.1 Å². The molecular formula is C10H12O5. The van der Waals surface area contributed by atoms with Gasteiger partial charge in [0, 0.05) is 11.6 Å². The van der Waals surface area contributed by atoms with Crippen LogP contribution >= 0.6 is 0 Å². The number of carboxylic acids is 1. The van der Waals surface area contributed by atoms with Gasteiger partial charge in [-0.1, -0.05) is 12.7 Å². The number of aliphatic carboxylic acids is 1. The van der Waals surface area contributed by atoms with Gasteiger partial charge in [0.2, 0.25) is 0 Å². The smallest absolute Gasteiger partial charge is 0.338 e. The van der Waals surface area contributed by atoms with Crippen LogP contribution in [0.2, 0.25) is 0 Å². The number of carbonyl (C=O) groups excluding carboxylic acids is 2. The summed E-state index contributed by atoms with van der Waals surface area (Å²) in [5.41, 5.74) is -0.0922. The van der Waals surface area contributed by atoms with Crippen molar-refractivity contribution in [3.05, 3.63) is 24.3 Å². The van der Waals surface area contributed by atoms with Crippen molar-refractivity contribution < 1.29 is 24.2 Å². The molecule has 0 rings (SSSR count). The van der Waals surface area contributed by atoms with E-state index in [2.05, 4.69) is 11.3 Å². The van der Waals surface area contributed by atoms with Gasteiger partial charge < -0.3 is 9.84 Å². The van der Waals surface area contributed by atoms with Crippen LogP contribution in [0.5, 0.6) is 0 Å². The Morgan fingerprint density at radius 3 is 2.40 bits per heavy atom. The molecule has 0 spiro atoms. The summed E-state index contributed by atoms with van der Waals surface area (Å²) in [6, 6.07) is 0. The van der Waals surface area contributed by atoms with Crippen LogP contribution in [0, 0.1) is 0 Å². The Balaban J connectivity index is 3.91. The molecule has 0 saturated heterocycles. The van der Waals surface area contributed by atoms with Gasteiger partial charge in [-0.3, -0.25) is 4.79 Å². The van der Waals surface area contributed by atoms with Gasteiger partial charge in [0.1, 0.15) is 0 Å². The molecular weight excluding hydrogens is 200 g/mol. The molecule has 0 amide bonds. The van der Waals surface area contributed by atoms with Crippen molar-refractivity contribution in [1.29, 1.82) is 0 Å². The quantitative estimate of drug-likeness (QED) is 0.418. The number of carboxylic acid groups (broad SMARTS) is 1. The maximum absolute atomic E-state index is 10.9. The highest BCUT2D eigenvalue weighted by molar-refractivity contribution is 5.92. The molecule has 0 saturated carbocycles. The Labute approximate surface area is 87.0 Å². The van der Waals surface area contributed by atoms with Crippen molar-refractivity contribution in [1.82, 2.24) is 0 Å². The van der Waals surface area contributed by atoms with Crippen LogP contribution in [0.3, 0.4) is 0 Å². The van der Waals surface area contributed by atoms with Gasteiger partial charge >= 0.3 is 17.9 Å². The summed E-state index contributed by atoms with van der Waals surface area (Å²) in [4.78, 5) is 32.0. The van der Waals surface area contributed by atoms with E-state index in [0.29, 0.717) is 0 Å². The lowest BCUT2D eigenvalue weighted by Gasteiger charge is -2.00. The second-order valence-corrected chi connectivity index (χ2v) is 2.70. The molecule has 1 N–H and O–H groups in total. The van der Waals surface area contributed by atoms with Gasteiger partial charge in [-0.25, -0.2) is 9.59 Å². The zero-order valence-corrected chi connectivity index (χ0v) is 8.36. The Kier molecular flexibility index (Phi) is 5.70. The molecule has 0 atom stereocenters. The summed E-state index contributed by atoms with van der Waals surface area (Å²) in [6.07, 6.45) is 2.33. The van der Waals surface area contributed by atoms with E-state index >= 15 is 0 Å². The zero-order chi connectivity index (χ0) is 11.8. The van der Waals surface area contributed by atoms with Crippen LogP contribution in [0.15, 0.2) is 24.3 Å². The molecule has 0 fully saturated rings. The van der Waals surface area contributed by atoms with Crippen LogP contribution in [0.4, 0.5) is 0 Å². The van der Waals surface area contributed by atoms with Gasteiger partial charge in [0.05, 0.1) is 6.42 Å². The van der Waals surface area contributed by atoms with E-state index in [1.807, 2.05) is 0 Å². The standard InChI is InChI=1S/C10H12O5/c1-3-4-8(11)15-9(12)6-5-7(2)10(13)14/h3-4H,2,5-6H2,1H3,(H,13,14). The summed E-state index contributed by atoms with van der Waals surface area (Å²) in [7, 11) is 0. The minimum atomic E-state index is -1.16. The van der Waals surface area contributed by atoms with Crippen molar-refractivity contribution in [3.63, 3.8) is 0 Å². The van der Waals surface area contributed by atoms with Gasteiger partial charge in [-0.05, 0) is 13.3 Å². The molecule has 5 heteroatoms. The lowest BCUT2D eigenvalue weighted by molar-refractivity contribution is -0.156. The van der Waals surface area contributed by atoms with E-state index in [4.69, 9.17) is 5.11 Å². The topological polar surface area (TPSA) is 80.7 Å². The maximum atomic E-state index is 10.9. The minimum Gasteiger partial charge on any atom is -0.478 e. The third-order valence-corrected chi connectivity index (χ3v) is 1.45. The zero-order valence-electron chi connectivity index (χ0n) is 8.36. The van der Waals surface area contributed by atoms with E-state index in [1.165, 1.54) is 6.08 Å². The molecule has 5 nitrogen and oxygen atoms in total. The average molecular weight is 212 g/mol. The largest absolute Gasteiger partial charge is 0.478 e. The first kappa shape index (κ1) is 13.1. The van der Waals surface area contributed by atoms with Gasteiger partial charge in [0.25, 0.3) is 0 Å². The lowest BCUT2D eigenvalue weighted by atomic mass is 10.2. The number of hydrogen-bond donors (Lipinski definition) is 1. The molecule has 0 heterocycles. The van der Waals surface area contributed by atoms with Crippen LogP contribution in [-0.4, -0.2) is 23.0 Å². The molecule has 0 aromatic rings. The molecule has 0 aromatic carbocycles. The van der Waals surface area contributed by atoms with Crippen LogP contribution in [0.1, 0.15) is 19.8 Å². The van der Waals surface area contributed by atoms with Crippen molar-refractivity contribution in [2.75, 3.05) is 0 Å². The fourth-order valence-corrected chi connectivity index (χ4v) is 0.693. The molecule has 0 aliphatic rings. The van der Waals surface area contributed by atoms with Crippen molar-refractivity contribution in [2.24, 2.45) is 0 Å². The number of esters is 2. The fraction of sp³-hybridized carbons (Fsp3) is 0.300. The van der Waals surface area contributed by atoms with E-state index < -0.39 is 17.9 Å². The maximum Gasteiger partial charge on any atom is 0.338 e. The highest BCUT2D eigenvalue weighted by Crippen LogP contribution is 2.03. The molecule has 0 unspecified atom stereocenters. The van der Waals surface area contributed by atoms with Crippen molar-refractivity contribution in [2.45, 2.75) is 19.8 Å². The van der Waals surface area contributed by atoms with Gasteiger partial charge in [-0.15, -0.1) is 0 Å². The summed E-state index contributed by atoms with van der Waals surface area (Å²) < 4.78 is 4.32. The van der Waals surface area contributed by atoms with E-state index in [9.17, 15) is 14.4 Å². The SMILES string of the molecule is C=C(CCC(=O)OC(=O)C=CC)C(=O)O. The van der Waals surface area contributed by atoms with E-state index in [1.54, 1.807) is 6.92 Å². The number of rotatable bonds is 5. The predicted molar refractivity (Wildman–Crippen MR) is 51.9 cm³/mol. The molecule has 0 aromatic heterocycles. The number of allylic oxidation sites excluding steroid dienone is 1. The summed E-state index contributed by atoms with van der Waals surface area (Å²) in [5, 5.41) is 8.43. The molecule has 82 valence electrons.